The third-order valence-corrected chi connectivity index (χ3v) is 2.86. The average molecular weight is 359 g/mol. The van der Waals surface area contributed by atoms with E-state index in [9.17, 15) is 32.5 Å². The van der Waals surface area contributed by atoms with Gasteiger partial charge in [0.15, 0.2) is 6.61 Å². The Hall–Kier alpha value is -3.17. The molecule has 0 N–H and O–H groups in total. The highest BCUT2D eigenvalue weighted by Gasteiger charge is 2.30. The predicted molar refractivity (Wildman–Crippen MR) is 75.6 cm³/mol. The van der Waals surface area contributed by atoms with E-state index in [1.807, 2.05) is 0 Å². The van der Waals surface area contributed by atoms with Crippen LogP contribution in [0.25, 0.3) is 0 Å². The SMILES string of the molecule is O=C(COc1cccc(C(F)(F)F)c1)Oc1cc(F)ccc1[N+](=O)[O-]. The average Bonchev–Trinajstić information content (AvgIpc) is 2.52. The molecule has 10 heteroatoms. The molecule has 0 unspecified atom stereocenters. The Morgan fingerprint density at radius 1 is 1.16 bits per heavy atom. The number of nitro benzene ring substituents is 1. The van der Waals surface area contributed by atoms with Crippen LogP contribution in [0.3, 0.4) is 0 Å². The molecule has 2 aromatic carbocycles. The van der Waals surface area contributed by atoms with Gasteiger partial charge >= 0.3 is 17.8 Å². The molecular weight excluding hydrogens is 350 g/mol. The van der Waals surface area contributed by atoms with E-state index in [1.54, 1.807) is 0 Å². The molecule has 0 aliphatic carbocycles. The summed E-state index contributed by atoms with van der Waals surface area (Å²) in [6, 6.07) is 6.04. The molecule has 2 aromatic rings. The van der Waals surface area contributed by atoms with Crippen molar-refractivity contribution in [3.05, 3.63) is 64.0 Å². The number of esters is 1. The van der Waals surface area contributed by atoms with Gasteiger partial charge in [0.2, 0.25) is 5.75 Å². The van der Waals surface area contributed by atoms with E-state index in [0.29, 0.717) is 12.1 Å². The molecule has 0 heterocycles. The second-order valence-corrected chi connectivity index (χ2v) is 4.66. The zero-order chi connectivity index (χ0) is 18.6. The first kappa shape index (κ1) is 18.2. The number of carbonyl (C=O) groups excluding carboxylic acids is 1. The first-order valence-electron chi connectivity index (χ1n) is 6.61. The maximum absolute atomic E-state index is 13.1. The maximum atomic E-state index is 13.1. The lowest BCUT2D eigenvalue weighted by molar-refractivity contribution is -0.385. The Labute approximate surface area is 137 Å². The lowest BCUT2D eigenvalue weighted by atomic mass is 10.2. The molecular formula is C15H9F4NO5. The molecule has 0 spiro atoms. The van der Waals surface area contributed by atoms with Gasteiger partial charge in [-0.05, 0) is 24.3 Å². The normalized spacial score (nSPS) is 11.0. The summed E-state index contributed by atoms with van der Waals surface area (Å²) in [5.74, 6) is -2.90. The highest BCUT2D eigenvalue weighted by molar-refractivity contribution is 5.75. The van der Waals surface area contributed by atoms with Crippen LogP contribution >= 0.6 is 0 Å². The number of nitro groups is 1. The highest BCUT2D eigenvalue weighted by Crippen LogP contribution is 2.31. The van der Waals surface area contributed by atoms with E-state index in [-0.39, 0.29) is 5.75 Å². The fraction of sp³-hybridized carbons (Fsp3) is 0.133. The molecule has 132 valence electrons. The van der Waals surface area contributed by atoms with Crippen LogP contribution in [0.1, 0.15) is 5.56 Å². The molecule has 0 atom stereocenters. The number of hydrogen-bond donors (Lipinski definition) is 0. The van der Waals surface area contributed by atoms with Gasteiger partial charge in [0.05, 0.1) is 10.5 Å². The summed E-state index contributed by atoms with van der Waals surface area (Å²) in [6.07, 6.45) is -4.58. The molecule has 0 aromatic heterocycles. The summed E-state index contributed by atoms with van der Waals surface area (Å²) in [4.78, 5) is 21.5. The van der Waals surface area contributed by atoms with Crippen LogP contribution in [0.2, 0.25) is 0 Å². The minimum Gasteiger partial charge on any atom is -0.482 e. The van der Waals surface area contributed by atoms with E-state index < -0.39 is 46.5 Å². The Morgan fingerprint density at radius 2 is 1.88 bits per heavy atom. The summed E-state index contributed by atoms with van der Waals surface area (Å²) in [6.45, 7) is -0.824. The van der Waals surface area contributed by atoms with Crippen LogP contribution in [0, 0.1) is 15.9 Å². The number of carbonyl (C=O) groups is 1. The Kier molecular flexibility index (Phi) is 5.20. The fourth-order valence-corrected chi connectivity index (χ4v) is 1.78. The molecule has 25 heavy (non-hydrogen) atoms. The van der Waals surface area contributed by atoms with Gasteiger partial charge in [0, 0.05) is 12.1 Å². The van der Waals surface area contributed by atoms with Gasteiger partial charge < -0.3 is 9.47 Å². The van der Waals surface area contributed by atoms with Crippen molar-refractivity contribution < 1.29 is 36.8 Å². The van der Waals surface area contributed by atoms with E-state index in [1.165, 1.54) is 6.07 Å². The summed E-state index contributed by atoms with van der Waals surface area (Å²) in [5, 5.41) is 10.8. The summed E-state index contributed by atoms with van der Waals surface area (Å²) >= 11 is 0. The standard InChI is InChI=1S/C15H9F4NO5/c16-10-4-5-12(20(22)23)13(7-10)25-14(21)8-24-11-3-1-2-9(6-11)15(17,18)19/h1-7H,8H2. The van der Waals surface area contributed by atoms with Crippen molar-refractivity contribution in [2.75, 3.05) is 6.61 Å². The molecule has 2 rings (SSSR count). The van der Waals surface area contributed by atoms with Crippen LogP contribution in [-0.4, -0.2) is 17.5 Å². The Bertz CT molecular complexity index is 807. The number of benzene rings is 2. The molecule has 0 saturated heterocycles. The fourth-order valence-electron chi connectivity index (χ4n) is 1.78. The van der Waals surface area contributed by atoms with Crippen LogP contribution in [0.15, 0.2) is 42.5 Å². The first-order valence-corrected chi connectivity index (χ1v) is 6.61. The van der Waals surface area contributed by atoms with E-state index in [4.69, 9.17) is 4.74 Å². The van der Waals surface area contributed by atoms with E-state index in [0.717, 1.165) is 24.3 Å². The Morgan fingerprint density at radius 3 is 2.52 bits per heavy atom. The van der Waals surface area contributed by atoms with Crippen molar-refractivity contribution in [2.24, 2.45) is 0 Å². The summed E-state index contributed by atoms with van der Waals surface area (Å²) < 4.78 is 60.3. The monoisotopic (exact) mass is 359 g/mol. The summed E-state index contributed by atoms with van der Waals surface area (Å²) in [7, 11) is 0. The van der Waals surface area contributed by atoms with Crippen LogP contribution in [0.4, 0.5) is 23.2 Å². The van der Waals surface area contributed by atoms with Crippen LogP contribution in [0.5, 0.6) is 11.5 Å². The van der Waals surface area contributed by atoms with Crippen LogP contribution < -0.4 is 9.47 Å². The molecule has 0 fully saturated rings. The molecule has 0 aliphatic heterocycles. The van der Waals surface area contributed by atoms with Gasteiger partial charge in [0.1, 0.15) is 11.6 Å². The number of hydrogen-bond acceptors (Lipinski definition) is 5. The second kappa shape index (κ2) is 7.16. The topological polar surface area (TPSA) is 78.7 Å². The molecule has 6 nitrogen and oxygen atoms in total. The summed E-state index contributed by atoms with van der Waals surface area (Å²) in [5.41, 5.74) is -1.62. The van der Waals surface area contributed by atoms with Crippen molar-refractivity contribution in [1.29, 1.82) is 0 Å². The van der Waals surface area contributed by atoms with Crippen molar-refractivity contribution in [1.82, 2.24) is 0 Å². The molecule has 0 aliphatic rings. The van der Waals surface area contributed by atoms with Crippen LogP contribution in [-0.2, 0) is 11.0 Å². The van der Waals surface area contributed by atoms with Gasteiger partial charge in [-0.2, -0.15) is 13.2 Å². The molecule has 0 amide bonds. The minimum atomic E-state index is -4.58. The third-order valence-electron chi connectivity index (χ3n) is 2.86. The number of ether oxygens (including phenoxy) is 2. The van der Waals surface area contributed by atoms with Crippen molar-refractivity contribution in [3.63, 3.8) is 0 Å². The van der Waals surface area contributed by atoms with Crippen molar-refractivity contribution in [2.45, 2.75) is 6.18 Å². The third kappa shape index (κ3) is 4.90. The highest BCUT2D eigenvalue weighted by atomic mass is 19.4. The lowest BCUT2D eigenvalue weighted by Gasteiger charge is -2.10. The van der Waals surface area contributed by atoms with Gasteiger partial charge in [-0.3, -0.25) is 10.1 Å². The number of nitrogens with zero attached hydrogens (tertiary/aromatic N) is 1. The number of halogens is 4. The zero-order valence-corrected chi connectivity index (χ0v) is 12.2. The van der Waals surface area contributed by atoms with Crippen molar-refractivity contribution in [3.8, 4) is 11.5 Å². The van der Waals surface area contributed by atoms with Gasteiger partial charge in [-0.15, -0.1) is 0 Å². The van der Waals surface area contributed by atoms with Gasteiger partial charge in [-0.25, -0.2) is 9.18 Å². The second-order valence-electron chi connectivity index (χ2n) is 4.66. The maximum Gasteiger partial charge on any atom is 0.416 e. The molecule has 0 saturated carbocycles. The van der Waals surface area contributed by atoms with Gasteiger partial charge in [0.25, 0.3) is 0 Å². The number of alkyl halides is 3. The molecule has 0 bridgehead atoms. The zero-order valence-electron chi connectivity index (χ0n) is 12.2. The number of rotatable bonds is 5. The van der Waals surface area contributed by atoms with E-state index in [2.05, 4.69) is 4.74 Å². The first-order chi connectivity index (χ1) is 11.7. The largest absolute Gasteiger partial charge is 0.482 e. The predicted octanol–water partition coefficient (Wildman–Crippen LogP) is 3.74. The Balaban J connectivity index is 2.05. The molecule has 0 radical (unpaired) electrons. The smallest absolute Gasteiger partial charge is 0.416 e. The van der Waals surface area contributed by atoms with Crippen molar-refractivity contribution >= 4 is 11.7 Å². The van der Waals surface area contributed by atoms with Gasteiger partial charge in [-0.1, -0.05) is 6.07 Å². The lowest BCUT2D eigenvalue weighted by Crippen LogP contribution is -2.18. The van der Waals surface area contributed by atoms with E-state index >= 15 is 0 Å². The minimum absolute atomic E-state index is 0.250. The quantitative estimate of drug-likeness (QED) is 0.267.